The first kappa shape index (κ1) is 22.3. The normalized spacial score (nSPS) is 15.9. The lowest BCUT2D eigenvalue weighted by molar-refractivity contribution is 0.444. The van der Waals surface area contributed by atoms with Crippen molar-refractivity contribution in [3.8, 4) is 0 Å². The monoisotopic (exact) mass is 469 g/mol. The summed E-state index contributed by atoms with van der Waals surface area (Å²) in [6.45, 7) is 4.64. The maximum atomic E-state index is 13.1. The number of anilines is 2. The highest BCUT2D eigenvalue weighted by Crippen LogP contribution is 2.29. The molecule has 0 amide bonds. The van der Waals surface area contributed by atoms with Crippen molar-refractivity contribution in [2.24, 2.45) is 5.92 Å². The van der Waals surface area contributed by atoms with Crippen LogP contribution < -0.4 is 15.5 Å². The molecule has 3 aromatic rings. The molecule has 3 heterocycles. The van der Waals surface area contributed by atoms with Crippen molar-refractivity contribution in [3.63, 3.8) is 0 Å². The smallest absolute Gasteiger partial charge is 0.232 e. The fraction of sp³-hybridized carbons (Fsp3) is 0.318. The molecule has 0 radical (unpaired) electrons. The van der Waals surface area contributed by atoms with Crippen LogP contribution in [-0.4, -0.2) is 38.1 Å². The number of nitrogens with one attached hydrogen (secondary N) is 2. The number of hydrogen-bond donors (Lipinski definition) is 2. The first-order valence-corrected chi connectivity index (χ1v) is 11.7. The van der Waals surface area contributed by atoms with Crippen molar-refractivity contribution < 1.29 is 4.39 Å². The highest BCUT2D eigenvalue weighted by molar-refractivity contribution is 7.99. The molecule has 1 unspecified atom stereocenters. The van der Waals surface area contributed by atoms with E-state index in [1.54, 1.807) is 30.6 Å². The van der Waals surface area contributed by atoms with Gasteiger partial charge in [0, 0.05) is 38.1 Å². The van der Waals surface area contributed by atoms with Gasteiger partial charge in [-0.1, -0.05) is 19.1 Å². The van der Waals surface area contributed by atoms with Crippen LogP contribution in [0.25, 0.3) is 0 Å². The molecule has 1 saturated heterocycles. The largest absolute Gasteiger partial charge is 0.358 e. The van der Waals surface area contributed by atoms with Gasteiger partial charge in [-0.25, -0.2) is 19.3 Å². The summed E-state index contributed by atoms with van der Waals surface area (Å²) in [5.74, 6) is 1.62. The van der Waals surface area contributed by atoms with Crippen LogP contribution in [0.3, 0.4) is 0 Å². The van der Waals surface area contributed by atoms with Gasteiger partial charge < -0.3 is 15.5 Å². The minimum absolute atomic E-state index is 0.265. The molecule has 0 aliphatic carbocycles. The summed E-state index contributed by atoms with van der Waals surface area (Å²) in [6, 6.07) is 10.0. The third-order valence-electron chi connectivity index (χ3n) is 5.00. The standard InChI is InChI=1S/C22H24FN7S2/c1-15-4-2-11-30(14-15)18-12-19(32-22-24-9-3-10-25-22)28-20(27-18)29-21(31)26-13-16-5-7-17(23)8-6-16/h3,5-10,12,15H,2,4,11,13-14H2,1H3,(H2,26,27,28,29,31). The van der Waals surface area contributed by atoms with Gasteiger partial charge in [0.2, 0.25) is 5.95 Å². The number of halogens is 1. The highest BCUT2D eigenvalue weighted by Gasteiger charge is 2.20. The lowest BCUT2D eigenvalue weighted by Crippen LogP contribution is -2.35. The molecular weight excluding hydrogens is 445 g/mol. The highest BCUT2D eigenvalue weighted by atomic mass is 32.2. The maximum absolute atomic E-state index is 13.1. The van der Waals surface area contributed by atoms with Crippen molar-refractivity contribution in [1.29, 1.82) is 0 Å². The second-order valence-corrected chi connectivity index (χ2v) is 9.04. The SMILES string of the molecule is CC1CCCN(c2cc(Sc3ncccn3)nc(NC(=S)NCc3ccc(F)cc3)n2)C1. The second-order valence-electron chi connectivity index (χ2n) is 7.65. The Bertz CT molecular complexity index is 1050. The molecule has 1 atom stereocenters. The van der Waals surface area contributed by atoms with Crippen LogP contribution in [0, 0.1) is 11.7 Å². The van der Waals surface area contributed by atoms with E-state index in [0.717, 1.165) is 35.9 Å². The van der Waals surface area contributed by atoms with Crippen molar-refractivity contribution in [2.45, 2.75) is 36.5 Å². The molecule has 1 aliphatic rings. The summed E-state index contributed by atoms with van der Waals surface area (Å²) < 4.78 is 13.1. The van der Waals surface area contributed by atoms with Gasteiger partial charge in [-0.15, -0.1) is 0 Å². The summed E-state index contributed by atoms with van der Waals surface area (Å²) in [5, 5.41) is 7.95. The Kier molecular flexibility index (Phi) is 7.43. The quantitative estimate of drug-likeness (QED) is 0.312. The van der Waals surface area contributed by atoms with Crippen LogP contribution in [0.4, 0.5) is 16.2 Å². The average molecular weight is 470 g/mol. The molecule has 0 bridgehead atoms. The number of aromatic nitrogens is 4. The van der Waals surface area contributed by atoms with E-state index in [4.69, 9.17) is 17.2 Å². The van der Waals surface area contributed by atoms with E-state index in [1.165, 1.54) is 30.3 Å². The molecule has 7 nitrogen and oxygen atoms in total. The van der Waals surface area contributed by atoms with E-state index >= 15 is 0 Å². The molecule has 32 heavy (non-hydrogen) atoms. The third kappa shape index (κ3) is 6.33. The van der Waals surface area contributed by atoms with E-state index in [2.05, 4.69) is 37.4 Å². The van der Waals surface area contributed by atoms with Gasteiger partial charge in [0.05, 0.1) is 0 Å². The Balaban J connectivity index is 1.50. The number of thiocarbonyl (C=S) groups is 1. The van der Waals surface area contributed by atoms with Crippen LogP contribution in [0.1, 0.15) is 25.3 Å². The van der Waals surface area contributed by atoms with Crippen molar-refractivity contribution in [3.05, 3.63) is 60.2 Å². The predicted octanol–water partition coefficient (Wildman–Crippen LogP) is 4.28. The Morgan fingerprint density at radius 2 is 2.00 bits per heavy atom. The maximum Gasteiger partial charge on any atom is 0.232 e. The molecule has 1 aliphatic heterocycles. The zero-order chi connectivity index (χ0) is 22.3. The number of rotatable bonds is 6. The Morgan fingerprint density at radius 3 is 2.75 bits per heavy atom. The molecule has 2 aromatic heterocycles. The topological polar surface area (TPSA) is 78.9 Å². The summed E-state index contributed by atoms with van der Waals surface area (Å²) in [6.07, 6.45) is 5.77. The molecule has 1 aromatic carbocycles. The first-order chi connectivity index (χ1) is 15.5. The molecule has 0 saturated carbocycles. The fourth-order valence-electron chi connectivity index (χ4n) is 3.44. The number of hydrogen-bond acceptors (Lipinski definition) is 7. The summed E-state index contributed by atoms with van der Waals surface area (Å²) >= 11 is 6.81. The minimum atomic E-state index is -0.265. The van der Waals surface area contributed by atoms with E-state index in [-0.39, 0.29) is 5.82 Å². The lowest BCUT2D eigenvalue weighted by atomic mass is 10.0. The summed E-state index contributed by atoms with van der Waals surface area (Å²) in [4.78, 5) is 20.2. The number of piperidine rings is 1. The number of nitrogens with zero attached hydrogens (tertiary/aromatic N) is 5. The predicted molar refractivity (Wildman–Crippen MR) is 128 cm³/mol. The number of benzene rings is 1. The molecule has 166 valence electrons. The summed E-state index contributed by atoms with van der Waals surface area (Å²) in [5.41, 5.74) is 0.921. The van der Waals surface area contributed by atoms with Crippen LogP contribution in [0.15, 0.2) is 59.0 Å². The van der Waals surface area contributed by atoms with Crippen LogP contribution >= 0.6 is 24.0 Å². The molecule has 1 fully saturated rings. The Morgan fingerprint density at radius 1 is 1.22 bits per heavy atom. The fourth-order valence-corrected chi connectivity index (χ4v) is 4.32. The molecule has 2 N–H and O–H groups in total. The lowest BCUT2D eigenvalue weighted by Gasteiger charge is -2.32. The molecule has 0 spiro atoms. The second kappa shape index (κ2) is 10.6. The zero-order valence-corrected chi connectivity index (χ0v) is 19.3. The van der Waals surface area contributed by atoms with E-state index in [1.807, 2.05) is 6.07 Å². The van der Waals surface area contributed by atoms with Crippen molar-refractivity contribution in [1.82, 2.24) is 25.3 Å². The van der Waals surface area contributed by atoms with E-state index in [9.17, 15) is 4.39 Å². The minimum Gasteiger partial charge on any atom is -0.358 e. The van der Waals surface area contributed by atoms with Gasteiger partial charge in [-0.2, -0.15) is 4.98 Å². The average Bonchev–Trinajstić information content (AvgIpc) is 2.79. The van der Waals surface area contributed by atoms with Gasteiger partial charge in [-0.3, -0.25) is 0 Å². The van der Waals surface area contributed by atoms with E-state index < -0.39 is 0 Å². The van der Waals surface area contributed by atoms with Crippen LogP contribution in [0.2, 0.25) is 0 Å². The van der Waals surface area contributed by atoms with Crippen molar-refractivity contribution >= 4 is 40.9 Å². The van der Waals surface area contributed by atoms with E-state index in [0.29, 0.717) is 28.7 Å². The van der Waals surface area contributed by atoms with Crippen LogP contribution in [-0.2, 0) is 6.54 Å². The van der Waals surface area contributed by atoms with Gasteiger partial charge >= 0.3 is 0 Å². The van der Waals surface area contributed by atoms with Gasteiger partial charge in [0.1, 0.15) is 16.7 Å². The first-order valence-electron chi connectivity index (χ1n) is 10.4. The van der Waals surface area contributed by atoms with Crippen LogP contribution in [0.5, 0.6) is 0 Å². The van der Waals surface area contributed by atoms with Gasteiger partial charge in [0.15, 0.2) is 10.3 Å². The zero-order valence-electron chi connectivity index (χ0n) is 17.7. The third-order valence-corrected chi connectivity index (χ3v) is 6.06. The van der Waals surface area contributed by atoms with Gasteiger partial charge in [0.25, 0.3) is 0 Å². The molecule has 10 heteroatoms. The summed E-state index contributed by atoms with van der Waals surface area (Å²) in [7, 11) is 0. The molecule has 4 rings (SSSR count). The Labute approximate surface area is 196 Å². The molecular formula is C22H24FN7S2. The Hall–Kier alpha value is -2.85. The van der Waals surface area contributed by atoms with Crippen molar-refractivity contribution in [2.75, 3.05) is 23.3 Å². The van der Waals surface area contributed by atoms with Gasteiger partial charge in [-0.05, 0) is 66.5 Å².